The molecule has 1 aliphatic heterocycles. The normalized spacial score (nSPS) is 17.8. The van der Waals surface area contributed by atoms with E-state index in [4.69, 9.17) is 0 Å². The molecule has 124 valence electrons. The van der Waals surface area contributed by atoms with E-state index >= 15 is 0 Å². The molecule has 0 amide bonds. The van der Waals surface area contributed by atoms with E-state index in [2.05, 4.69) is 25.6 Å². The van der Waals surface area contributed by atoms with Crippen LogP contribution in [0.5, 0.6) is 0 Å². The summed E-state index contributed by atoms with van der Waals surface area (Å²) in [7, 11) is -3.13. The second-order valence-electron chi connectivity index (χ2n) is 5.74. The fraction of sp³-hybridized carbons (Fsp3) is 0.600. The first-order valence-electron chi connectivity index (χ1n) is 7.56. The molecule has 0 radical (unpaired) electrons. The van der Waals surface area contributed by atoms with Gasteiger partial charge in [-0.1, -0.05) is 13.0 Å². The number of piperidine rings is 1. The first-order valence-corrected chi connectivity index (χ1v) is 10.0. The van der Waals surface area contributed by atoms with Crippen molar-refractivity contribution in [2.45, 2.75) is 38.8 Å². The van der Waals surface area contributed by atoms with Gasteiger partial charge in [-0.15, -0.1) is 0 Å². The number of sulfonamides is 1. The third-order valence-electron chi connectivity index (χ3n) is 3.80. The summed E-state index contributed by atoms with van der Waals surface area (Å²) in [5.41, 5.74) is 1.05. The van der Waals surface area contributed by atoms with Crippen LogP contribution in [0.4, 0.5) is 4.39 Å². The molecule has 0 bridgehead atoms. The van der Waals surface area contributed by atoms with Crippen LogP contribution < -0.4 is 4.72 Å². The molecule has 1 heterocycles. The van der Waals surface area contributed by atoms with Crippen molar-refractivity contribution in [2.24, 2.45) is 0 Å². The van der Waals surface area contributed by atoms with Crippen molar-refractivity contribution in [2.75, 3.05) is 18.8 Å². The number of rotatable bonds is 6. The summed E-state index contributed by atoms with van der Waals surface area (Å²) in [5.74, 6) is -0.0654. The highest BCUT2D eigenvalue weighted by Crippen LogP contribution is 2.20. The zero-order valence-electron chi connectivity index (χ0n) is 12.7. The van der Waals surface area contributed by atoms with Gasteiger partial charge in [0.05, 0.1) is 10.2 Å². The number of benzene rings is 1. The van der Waals surface area contributed by atoms with Gasteiger partial charge in [0.1, 0.15) is 5.82 Å². The summed E-state index contributed by atoms with van der Waals surface area (Å²) in [6.45, 7) is 4.30. The lowest BCUT2D eigenvalue weighted by Crippen LogP contribution is -2.44. The summed E-state index contributed by atoms with van der Waals surface area (Å²) in [4.78, 5) is 2.27. The lowest BCUT2D eigenvalue weighted by atomic mass is 10.1. The Balaban J connectivity index is 1.83. The van der Waals surface area contributed by atoms with Crippen LogP contribution in [0, 0.1) is 5.82 Å². The quantitative estimate of drug-likeness (QED) is 0.809. The maximum Gasteiger partial charge on any atom is 0.211 e. The molecule has 0 atom stereocenters. The molecular weight excluding hydrogens is 371 g/mol. The van der Waals surface area contributed by atoms with E-state index in [9.17, 15) is 12.8 Å². The first kappa shape index (κ1) is 17.8. The Labute approximate surface area is 140 Å². The van der Waals surface area contributed by atoms with E-state index in [1.807, 2.05) is 6.92 Å². The predicted molar refractivity (Wildman–Crippen MR) is 89.6 cm³/mol. The highest BCUT2D eigenvalue weighted by atomic mass is 79.9. The van der Waals surface area contributed by atoms with Crippen molar-refractivity contribution in [3.8, 4) is 0 Å². The molecule has 7 heteroatoms. The van der Waals surface area contributed by atoms with Gasteiger partial charge in [0.2, 0.25) is 10.0 Å². The van der Waals surface area contributed by atoms with Crippen molar-refractivity contribution in [3.63, 3.8) is 0 Å². The van der Waals surface area contributed by atoms with Gasteiger partial charge in [-0.3, -0.25) is 4.90 Å². The molecule has 2 rings (SSSR count). The van der Waals surface area contributed by atoms with E-state index < -0.39 is 10.0 Å². The minimum atomic E-state index is -3.13. The molecule has 0 saturated carbocycles. The van der Waals surface area contributed by atoms with E-state index in [0.717, 1.165) is 38.0 Å². The fourth-order valence-electron chi connectivity index (χ4n) is 2.69. The molecule has 0 aromatic heterocycles. The van der Waals surface area contributed by atoms with Crippen LogP contribution in [0.3, 0.4) is 0 Å². The highest BCUT2D eigenvalue weighted by molar-refractivity contribution is 9.10. The zero-order chi connectivity index (χ0) is 16.2. The number of hydrogen-bond donors (Lipinski definition) is 1. The Hall–Kier alpha value is -0.500. The lowest BCUT2D eigenvalue weighted by Gasteiger charge is -2.32. The maximum absolute atomic E-state index is 13.2. The number of halogens is 2. The largest absolute Gasteiger partial charge is 0.299 e. The number of nitrogens with one attached hydrogen (secondary N) is 1. The second-order valence-corrected chi connectivity index (χ2v) is 8.46. The average Bonchev–Trinajstić information content (AvgIpc) is 2.44. The molecule has 0 unspecified atom stereocenters. The number of hydrogen-bond acceptors (Lipinski definition) is 3. The Kier molecular flexibility index (Phi) is 6.37. The molecular formula is C15H22BrFN2O2S. The van der Waals surface area contributed by atoms with Crippen LogP contribution in [0.2, 0.25) is 0 Å². The highest BCUT2D eigenvalue weighted by Gasteiger charge is 2.23. The molecule has 1 fully saturated rings. The zero-order valence-corrected chi connectivity index (χ0v) is 15.1. The molecule has 4 nitrogen and oxygen atoms in total. The smallest absolute Gasteiger partial charge is 0.211 e. The maximum atomic E-state index is 13.2. The Bertz CT molecular complexity index is 602. The van der Waals surface area contributed by atoms with Crippen LogP contribution in [0.1, 0.15) is 31.7 Å². The number of likely N-dealkylation sites (tertiary alicyclic amines) is 1. The summed E-state index contributed by atoms with van der Waals surface area (Å²) >= 11 is 3.20. The van der Waals surface area contributed by atoms with Crippen LogP contribution in [-0.2, 0) is 16.6 Å². The number of nitrogens with zero attached hydrogens (tertiary/aromatic N) is 1. The van der Waals surface area contributed by atoms with Gasteiger partial charge in [-0.25, -0.2) is 17.5 Å². The van der Waals surface area contributed by atoms with E-state index in [1.165, 1.54) is 6.07 Å². The SMILES string of the molecule is CCCS(=O)(=O)NC1CCN(Cc2ccc(F)c(Br)c2)CC1. The van der Waals surface area contributed by atoms with Gasteiger partial charge < -0.3 is 0 Å². The molecule has 1 aliphatic rings. The molecule has 1 N–H and O–H groups in total. The first-order chi connectivity index (χ1) is 10.4. The fourth-order valence-corrected chi connectivity index (χ4v) is 4.51. The van der Waals surface area contributed by atoms with Gasteiger partial charge in [0.15, 0.2) is 0 Å². The van der Waals surface area contributed by atoms with Crippen molar-refractivity contribution in [1.82, 2.24) is 9.62 Å². The van der Waals surface area contributed by atoms with Crippen LogP contribution in [0.25, 0.3) is 0 Å². The summed E-state index contributed by atoms with van der Waals surface area (Å²) in [6, 6.07) is 5.08. The molecule has 1 aromatic rings. The Morgan fingerprint density at radius 2 is 2.05 bits per heavy atom. The summed E-state index contributed by atoms with van der Waals surface area (Å²) in [5, 5.41) is 0. The summed E-state index contributed by atoms with van der Waals surface area (Å²) in [6.07, 6.45) is 2.25. The third kappa shape index (κ3) is 5.30. The Morgan fingerprint density at radius 3 is 2.64 bits per heavy atom. The van der Waals surface area contributed by atoms with Crippen molar-refractivity contribution in [1.29, 1.82) is 0 Å². The van der Waals surface area contributed by atoms with Crippen LogP contribution in [0.15, 0.2) is 22.7 Å². The van der Waals surface area contributed by atoms with Gasteiger partial charge in [0, 0.05) is 25.7 Å². The van der Waals surface area contributed by atoms with E-state index in [0.29, 0.717) is 10.9 Å². The predicted octanol–water partition coefficient (Wildman–Crippen LogP) is 2.88. The van der Waals surface area contributed by atoms with Gasteiger partial charge >= 0.3 is 0 Å². The molecule has 0 spiro atoms. The van der Waals surface area contributed by atoms with E-state index in [-0.39, 0.29) is 17.6 Å². The standard InChI is InChI=1S/C15H22BrFN2O2S/c1-2-9-22(20,21)18-13-5-7-19(8-6-13)11-12-3-4-15(17)14(16)10-12/h3-4,10,13,18H,2,5-9,11H2,1H3. The molecule has 1 aromatic carbocycles. The average molecular weight is 393 g/mol. The van der Waals surface area contributed by atoms with Gasteiger partial charge in [0.25, 0.3) is 0 Å². The Morgan fingerprint density at radius 1 is 1.36 bits per heavy atom. The van der Waals surface area contributed by atoms with Gasteiger partial charge in [-0.05, 0) is 52.9 Å². The summed E-state index contributed by atoms with van der Waals surface area (Å²) < 4.78 is 40.0. The molecule has 0 aliphatic carbocycles. The second kappa shape index (κ2) is 7.86. The van der Waals surface area contributed by atoms with E-state index in [1.54, 1.807) is 12.1 Å². The van der Waals surface area contributed by atoms with Crippen molar-refractivity contribution < 1.29 is 12.8 Å². The lowest BCUT2D eigenvalue weighted by molar-refractivity contribution is 0.200. The van der Waals surface area contributed by atoms with Crippen LogP contribution in [-0.4, -0.2) is 38.2 Å². The molecule has 22 heavy (non-hydrogen) atoms. The minimum Gasteiger partial charge on any atom is -0.299 e. The van der Waals surface area contributed by atoms with Crippen LogP contribution >= 0.6 is 15.9 Å². The van der Waals surface area contributed by atoms with Crippen molar-refractivity contribution in [3.05, 3.63) is 34.1 Å². The minimum absolute atomic E-state index is 0.0350. The van der Waals surface area contributed by atoms with Gasteiger partial charge in [-0.2, -0.15) is 0 Å². The molecule has 1 saturated heterocycles. The third-order valence-corrected chi connectivity index (χ3v) is 6.04. The monoisotopic (exact) mass is 392 g/mol. The van der Waals surface area contributed by atoms with Crippen molar-refractivity contribution >= 4 is 26.0 Å². The topological polar surface area (TPSA) is 49.4 Å².